The summed E-state index contributed by atoms with van der Waals surface area (Å²) in [5.74, 6) is 7.37. The molecule has 0 radical (unpaired) electrons. The van der Waals surface area contributed by atoms with Gasteiger partial charge in [0.1, 0.15) is 28.5 Å². The maximum atomic E-state index is 13.8. The van der Waals surface area contributed by atoms with E-state index >= 15 is 0 Å². The molecule has 30 heavy (non-hydrogen) atoms. The number of rotatable bonds is 5. The third-order valence-electron chi connectivity index (χ3n) is 5.22. The molecule has 1 aliphatic rings. The summed E-state index contributed by atoms with van der Waals surface area (Å²) in [7, 11) is 0. The molecule has 0 N–H and O–H groups in total. The van der Waals surface area contributed by atoms with Crippen LogP contribution in [0.1, 0.15) is 48.3 Å². The molecule has 1 saturated carbocycles. The number of hydrogen-bond donors (Lipinski definition) is 0. The fourth-order valence-electron chi connectivity index (χ4n) is 3.35. The quantitative estimate of drug-likeness (QED) is 0.375. The Morgan fingerprint density at radius 2 is 2.00 bits per heavy atom. The zero-order valence-electron chi connectivity index (χ0n) is 17.1. The molecule has 1 aromatic carbocycles. The van der Waals surface area contributed by atoms with Gasteiger partial charge in [0.2, 0.25) is 0 Å². The van der Waals surface area contributed by atoms with Crippen molar-refractivity contribution in [2.45, 2.75) is 39.3 Å². The van der Waals surface area contributed by atoms with Gasteiger partial charge in [-0.25, -0.2) is 4.39 Å². The number of hydrogen-bond acceptors (Lipinski definition) is 3. The Kier molecular flexibility index (Phi) is 5.96. The Morgan fingerprint density at radius 1 is 1.23 bits per heavy atom. The van der Waals surface area contributed by atoms with Crippen LogP contribution < -0.4 is 4.74 Å². The molecule has 4 rings (SSSR count). The van der Waals surface area contributed by atoms with Crippen LogP contribution in [0.5, 0.6) is 5.75 Å². The zero-order valence-corrected chi connectivity index (χ0v) is 17.9. The van der Waals surface area contributed by atoms with E-state index in [0.29, 0.717) is 16.3 Å². The first-order chi connectivity index (χ1) is 14.5. The SMILES string of the molecule is Cc1cc(OCc2ncccc2F)cc(=S)n1[C@H](C)c1ccc(C#CC2CC2)cc1. The fraction of sp³-hybridized carbons (Fsp3) is 0.280. The van der Waals surface area contributed by atoms with Gasteiger partial charge in [0.15, 0.2) is 0 Å². The molecule has 1 atom stereocenters. The summed E-state index contributed by atoms with van der Waals surface area (Å²) in [5, 5.41) is 0. The first kappa shape index (κ1) is 20.3. The van der Waals surface area contributed by atoms with E-state index in [4.69, 9.17) is 17.0 Å². The average molecular weight is 419 g/mol. The van der Waals surface area contributed by atoms with Crippen molar-refractivity contribution in [1.29, 1.82) is 0 Å². The minimum Gasteiger partial charge on any atom is -0.487 e. The van der Waals surface area contributed by atoms with E-state index in [1.165, 1.54) is 18.9 Å². The summed E-state index contributed by atoms with van der Waals surface area (Å²) in [5.41, 5.74) is 3.46. The smallest absolute Gasteiger partial charge is 0.148 e. The van der Waals surface area contributed by atoms with Crippen LogP contribution in [0.2, 0.25) is 0 Å². The van der Waals surface area contributed by atoms with Crippen LogP contribution in [-0.2, 0) is 6.61 Å². The van der Waals surface area contributed by atoms with Crippen molar-refractivity contribution in [2.24, 2.45) is 5.92 Å². The molecular formula is C25H23FN2OS. The van der Waals surface area contributed by atoms with Crippen molar-refractivity contribution in [3.05, 3.63) is 87.7 Å². The van der Waals surface area contributed by atoms with Crippen LogP contribution in [0.3, 0.4) is 0 Å². The van der Waals surface area contributed by atoms with Gasteiger partial charge in [0.05, 0.1) is 6.04 Å². The number of aromatic nitrogens is 2. The van der Waals surface area contributed by atoms with Crippen LogP contribution in [0.15, 0.2) is 54.7 Å². The molecule has 3 aromatic rings. The van der Waals surface area contributed by atoms with Crippen LogP contribution in [0.25, 0.3) is 0 Å². The van der Waals surface area contributed by atoms with Gasteiger partial charge in [-0.1, -0.05) is 36.2 Å². The first-order valence-corrected chi connectivity index (χ1v) is 10.5. The van der Waals surface area contributed by atoms with Gasteiger partial charge in [0.25, 0.3) is 0 Å². The van der Waals surface area contributed by atoms with Gasteiger partial charge in [-0.15, -0.1) is 0 Å². The highest BCUT2D eigenvalue weighted by Crippen LogP contribution is 2.28. The highest BCUT2D eigenvalue weighted by molar-refractivity contribution is 7.71. The van der Waals surface area contributed by atoms with Crippen LogP contribution in [-0.4, -0.2) is 9.55 Å². The number of benzene rings is 1. The molecule has 1 aliphatic carbocycles. The maximum Gasteiger partial charge on any atom is 0.148 e. The van der Waals surface area contributed by atoms with Crippen LogP contribution >= 0.6 is 12.2 Å². The number of halogens is 1. The van der Waals surface area contributed by atoms with E-state index in [-0.39, 0.29) is 24.2 Å². The van der Waals surface area contributed by atoms with E-state index in [0.717, 1.165) is 16.8 Å². The van der Waals surface area contributed by atoms with Crippen molar-refractivity contribution in [3.8, 4) is 17.6 Å². The van der Waals surface area contributed by atoms with Gasteiger partial charge in [-0.2, -0.15) is 0 Å². The van der Waals surface area contributed by atoms with Gasteiger partial charge >= 0.3 is 0 Å². The van der Waals surface area contributed by atoms with E-state index in [1.54, 1.807) is 18.3 Å². The molecule has 3 nitrogen and oxygen atoms in total. The Labute approximate surface area is 181 Å². The molecule has 0 saturated heterocycles. The number of nitrogens with zero attached hydrogens (tertiary/aromatic N) is 2. The summed E-state index contributed by atoms with van der Waals surface area (Å²) in [4.78, 5) is 4.02. The molecule has 2 heterocycles. The van der Waals surface area contributed by atoms with E-state index < -0.39 is 0 Å². The number of aryl methyl sites for hydroxylation is 1. The summed E-state index contributed by atoms with van der Waals surface area (Å²) in [6.45, 7) is 4.18. The molecule has 1 fully saturated rings. The molecule has 0 unspecified atom stereocenters. The molecule has 0 aliphatic heterocycles. The third-order valence-corrected chi connectivity index (χ3v) is 5.54. The number of pyridine rings is 2. The Morgan fingerprint density at radius 3 is 2.67 bits per heavy atom. The molecule has 0 spiro atoms. The van der Waals surface area contributed by atoms with Gasteiger partial charge in [0, 0.05) is 29.4 Å². The molecule has 0 amide bonds. The second-order valence-corrected chi connectivity index (χ2v) is 8.02. The lowest BCUT2D eigenvalue weighted by atomic mass is 10.1. The van der Waals surface area contributed by atoms with Gasteiger partial charge in [-0.05, 0) is 62.6 Å². The zero-order chi connectivity index (χ0) is 21.1. The average Bonchev–Trinajstić information content (AvgIpc) is 3.56. The lowest BCUT2D eigenvalue weighted by Crippen LogP contribution is -2.12. The van der Waals surface area contributed by atoms with Gasteiger partial charge < -0.3 is 9.30 Å². The largest absolute Gasteiger partial charge is 0.487 e. The fourth-order valence-corrected chi connectivity index (χ4v) is 3.76. The molecule has 5 heteroatoms. The summed E-state index contributed by atoms with van der Waals surface area (Å²) in [6, 6.07) is 15.1. The van der Waals surface area contributed by atoms with Crippen LogP contribution in [0, 0.1) is 35.1 Å². The van der Waals surface area contributed by atoms with Crippen LogP contribution in [0.4, 0.5) is 4.39 Å². The topological polar surface area (TPSA) is 27.1 Å². The molecule has 152 valence electrons. The Balaban J connectivity index is 1.50. The minimum absolute atomic E-state index is 0.0593. The lowest BCUT2D eigenvalue weighted by molar-refractivity contribution is 0.292. The van der Waals surface area contributed by atoms with Crippen molar-refractivity contribution in [2.75, 3.05) is 0 Å². The normalized spacial score (nSPS) is 14.0. The Bertz CT molecular complexity index is 1170. The van der Waals surface area contributed by atoms with Crippen molar-refractivity contribution < 1.29 is 9.13 Å². The minimum atomic E-state index is -0.377. The Hall–Kier alpha value is -2.97. The third kappa shape index (κ3) is 4.77. The van der Waals surface area contributed by atoms with Crippen molar-refractivity contribution in [3.63, 3.8) is 0 Å². The second-order valence-electron chi connectivity index (χ2n) is 7.60. The van der Waals surface area contributed by atoms with Gasteiger partial charge in [-0.3, -0.25) is 4.98 Å². The predicted molar refractivity (Wildman–Crippen MR) is 118 cm³/mol. The molecule has 2 aromatic heterocycles. The van der Waals surface area contributed by atoms with Crippen molar-refractivity contribution >= 4 is 12.2 Å². The highest BCUT2D eigenvalue weighted by Gasteiger charge is 2.17. The van der Waals surface area contributed by atoms with E-state index in [9.17, 15) is 4.39 Å². The summed E-state index contributed by atoms with van der Waals surface area (Å²) < 4.78 is 22.3. The van der Waals surface area contributed by atoms with E-state index in [1.807, 2.05) is 13.0 Å². The summed E-state index contributed by atoms with van der Waals surface area (Å²) >= 11 is 5.63. The predicted octanol–water partition coefficient (Wildman–Crippen LogP) is 6.01. The molecular weight excluding hydrogens is 395 g/mol. The molecule has 0 bridgehead atoms. The highest BCUT2D eigenvalue weighted by atomic mass is 32.1. The standard InChI is InChI=1S/C25H23FN2OS/c1-17-14-22(29-16-24-23(26)4-3-13-27-24)15-25(30)28(17)18(2)21-11-9-20(10-12-21)8-7-19-5-6-19/h3-4,9-15,18-19H,5-6,16H2,1-2H3/t18-/m1/s1. The van der Waals surface area contributed by atoms with E-state index in [2.05, 4.69) is 52.6 Å². The number of ether oxygens (including phenoxy) is 1. The monoisotopic (exact) mass is 418 g/mol. The van der Waals surface area contributed by atoms with Crippen molar-refractivity contribution in [1.82, 2.24) is 9.55 Å². The summed E-state index contributed by atoms with van der Waals surface area (Å²) in [6.07, 6.45) is 4.02. The maximum absolute atomic E-state index is 13.8. The lowest BCUT2D eigenvalue weighted by Gasteiger charge is -2.21. The second kappa shape index (κ2) is 8.81. The first-order valence-electron chi connectivity index (χ1n) is 10.1.